The number of nitrogens with one attached hydrogen (secondary N) is 2. The summed E-state index contributed by atoms with van der Waals surface area (Å²) in [5.74, 6) is 1.05. The molecule has 1 atom stereocenters. The molecular weight excluding hydrogens is 416 g/mol. The molecule has 9 nitrogen and oxygen atoms in total. The van der Waals surface area contributed by atoms with Crippen LogP contribution >= 0.6 is 11.6 Å². The van der Waals surface area contributed by atoms with Gasteiger partial charge in [-0.3, -0.25) is 0 Å². The fraction of sp³-hybridized carbons (Fsp3) is 0.333. The van der Waals surface area contributed by atoms with Gasteiger partial charge >= 0.3 is 0 Å². The molecule has 0 saturated carbocycles. The van der Waals surface area contributed by atoms with E-state index in [2.05, 4.69) is 20.7 Å². The fourth-order valence-electron chi connectivity index (χ4n) is 3.03. The zero-order chi connectivity index (χ0) is 20.6. The molecule has 2 N–H and O–H groups in total. The van der Waals surface area contributed by atoms with Crippen molar-refractivity contribution in [3.05, 3.63) is 41.6 Å². The van der Waals surface area contributed by atoms with Gasteiger partial charge in [0, 0.05) is 32.4 Å². The van der Waals surface area contributed by atoms with E-state index in [0.717, 1.165) is 19.5 Å². The molecule has 11 heteroatoms. The molecule has 0 spiro atoms. The van der Waals surface area contributed by atoms with Gasteiger partial charge < -0.3 is 15.4 Å². The van der Waals surface area contributed by atoms with Crippen LogP contribution < -0.4 is 15.4 Å². The highest BCUT2D eigenvalue weighted by Gasteiger charge is 2.19. The summed E-state index contributed by atoms with van der Waals surface area (Å²) < 4.78 is 33.2. The van der Waals surface area contributed by atoms with E-state index >= 15 is 0 Å². The van der Waals surface area contributed by atoms with Crippen molar-refractivity contribution < 1.29 is 13.2 Å². The second kappa shape index (κ2) is 7.79. The maximum absolute atomic E-state index is 12.2. The van der Waals surface area contributed by atoms with Gasteiger partial charge in [0.25, 0.3) is 0 Å². The molecule has 1 fully saturated rings. The Morgan fingerprint density at radius 1 is 1.31 bits per heavy atom. The third-order valence-electron chi connectivity index (χ3n) is 4.61. The van der Waals surface area contributed by atoms with Gasteiger partial charge in [0.15, 0.2) is 5.65 Å². The molecule has 1 aliphatic rings. The Hall–Kier alpha value is -2.40. The Labute approximate surface area is 173 Å². The maximum Gasteiger partial charge on any atom is 0.242 e. The molecule has 1 aromatic carbocycles. The predicted molar refractivity (Wildman–Crippen MR) is 110 cm³/mol. The molecule has 0 amide bonds. The average Bonchev–Trinajstić information content (AvgIpc) is 3.33. The third-order valence-corrected chi connectivity index (χ3v) is 6.71. The van der Waals surface area contributed by atoms with E-state index in [0.29, 0.717) is 28.1 Å². The minimum Gasteiger partial charge on any atom is -0.473 e. The molecule has 1 aliphatic heterocycles. The van der Waals surface area contributed by atoms with Gasteiger partial charge in [0.1, 0.15) is 16.9 Å². The Balaban J connectivity index is 1.64. The number of nitrogens with zero attached hydrogens (tertiary/aromatic N) is 4. The highest BCUT2D eigenvalue weighted by atomic mass is 35.5. The lowest BCUT2D eigenvalue weighted by atomic mass is 10.3. The number of anilines is 2. The number of sulfonamides is 1. The molecule has 2 aromatic heterocycles. The van der Waals surface area contributed by atoms with Crippen LogP contribution in [-0.2, 0) is 10.0 Å². The van der Waals surface area contributed by atoms with Gasteiger partial charge in [-0.2, -0.15) is 14.6 Å². The Morgan fingerprint density at radius 3 is 2.72 bits per heavy atom. The summed E-state index contributed by atoms with van der Waals surface area (Å²) in [6, 6.07) is 8.23. The van der Waals surface area contributed by atoms with Crippen LogP contribution in [-0.4, -0.2) is 60.6 Å². The molecule has 3 aromatic rings. The molecule has 154 valence electrons. The molecule has 3 heterocycles. The van der Waals surface area contributed by atoms with Crippen LogP contribution in [0.4, 0.5) is 11.5 Å². The van der Waals surface area contributed by atoms with E-state index in [1.165, 1.54) is 24.6 Å². The molecular formula is C18H21ClN6O3S. The second-order valence-electron chi connectivity index (χ2n) is 6.88. The first kappa shape index (κ1) is 19.9. The van der Waals surface area contributed by atoms with Crippen molar-refractivity contribution in [1.82, 2.24) is 24.2 Å². The van der Waals surface area contributed by atoms with E-state index in [4.69, 9.17) is 16.3 Å². The Kier molecular flexibility index (Phi) is 5.34. The summed E-state index contributed by atoms with van der Waals surface area (Å²) in [4.78, 5) is 4.68. The van der Waals surface area contributed by atoms with E-state index < -0.39 is 10.0 Å². The number of benzene rings is 1. The molecule has 0 unspecified atom stereocenters. The maximum atomic E-state index is 12.2. The van der Waals surface area contributed by atoms with Crippen molar-refractivity contribution in [2.45, 2.75) is 17.4 Å². The zero-order valence-corrected chi connectivity index (χ0v) is 17.5. The van der Waals surface area contributed by atoms with Crippen LogP contribution in [0.2, 0.25) is 5.02 Å². The van der Waals surface area contributed by atoms with Crippen molar-refractivity contribution in [1.29, 1.82) is 0 Å². The quantitative estimate of drug-likeness (QED) is 0.610. The van der Waals surface area contributed by atoms with Gasteiger partial charge in [0.05, 0.1) is 11.1 Å². The lowest BCUT2D eigenvalue weighted by molar-refractivity contribution is 0.214. The van der Waals surface area contributed by atoms with Crippen LogP contribution in [0.3, 0.4) is 0 Å². The summed E-state index contributed by atoms with van der Waals surface area (Å²) in [6.07, 6.45) is 2.47. The van der Waals surface area contributed by atoms with Gasteiger partial charge in [-0.15, -0.1) is 0 Å². The second-order valence-corrected chi connectivity index (χ2v) is 9.44. The Morgan fingerprint density at radius 2 is 2.07 bits per heavy atom. The number of hydrogen-bond donors (Lipinski definition) is 2. The monoisotopic (exact) mass is 436 g/mol. The van der Waals surface area contributed by atoms with Crippen LogP contribution in [0.1, 0.15) is 6.42 Å². The highest BCUT2D eigenvalue weighted by molar-refractivity contribution is 7.89. The van der Waals surface area contributed by atoms with Crippen molar-refractivity contribution in [2.24, 2.45) is 0 Å². The highest BCUT2D eigenvalue weighted by Crippen LogP contribution is 2.27. The molecule has 29 heavy (non-hydrogen) atoms. The standard InChI is InChI=1S/C18H21ClN6O3S/c1-24(2)29(26,27)14-5-3-12(4-6-14)22-16-9-17(28-13-7-8-20-10-13)23-18-15(19)11-21-25(16)18/h3-6,9,11,13,20,22H,7-8,10H2,1-2H3/t13-/m1/s1. The summed E-state index contributed by atoms with van der Waals surface area (Å²) >= 11 is 6.22. The van der Waals surface area contributed by atoms with Gasteiger partial charge in [0.2, 0.25) is 15.9 Å². The topological polar surface area (TPSA) is 101 Å². The van der Waals surface area contributed by atoms with Crippen LogP contribution in [0.25, 0.3) is 5.65 Å². The lowest BCUT2D eigenvalue weighted by Crippen LogP contribution is -2.22. The van der Waals surface area contributed by atoms with E-state index in [1.54, 1.807) is 34.8 Å². The molecule has 0 aliphatic carbocycles. The first-order valence-electron chi connectivity index (χ1n) is 9.06. The fourth-order valence-corrected chi connectivity index (χ4v) is 4.10. The Bertz CT molecular complexity index is 1120. The number of aromatic nitrogens is 3. The summed E-state index contributed by atoms with van der Waals surface area (Å²) in [6.45, 7) is 1.68. The zero-order valence-electron chi connectivity index (χ0n) is 16.0. The number of hydrogen-bond acceptors (Lipinski definition) is 7. The minimum absolute atomic E-state index is 0.0509. The summed E-state index contributed by atoms with van der Waals surface area (Å²) in [5.41, 5.74) is 1.17. The minimum atomic E-state index is -3.48. The van der Waals surface area contributed by atoms with Crippen molar-refractivity contribution in [2.75, 3.05) is 32.5 Å². The number of fused-ring (bicyclic) bond motifs is 1. The third kappa shape index (κ3) is 4.01. The van der Waals surface area contributed by atoms with Crippen LogP contribution in [0.15, 0.2) is 41.4 Å². The van der Waals surface area contributed by atoms with E-state index in [9.17, 15) is 8.42 Å². The molecule has 0 bridgehead atoms. The average molecular weight is 437 g/mol. The van der Waals surface area contributed by atoms with Gasteiger partial charge in [-0.1, -0.05) is 11.6 Å². The van der Waals surface area contributed by atoms with E-state index in [-0.39, 0.29) is 11.0 Å². The van der Waals surface area contributed by atoms with Gasteiger partial charge in [-0.05, 0) is 37.2 Å². The van der Waals surface area contributed by atoms with E-state index in [1.807, 2.05) is 0 Å². The molecule has 0 radical (unpaired) electrons. The normalized spacial score (nSPS) is 17.2. The smallest absolute Gasteiger partial charge is 0.242 e. The molecule has 1 saturated heterocycles. The van der Waals surface area contributed by atoms with Gasteiger partial charge in [-0.25, -0.2) is 12.7 Å². The van der Waals surface area contributed by atoms with Crippen molar-refractivity contribution in [3.63, 3.8) is 0 Å². The van der Waals surface area contributed by atoms with Crippen LogP contribution in [0, 0.1) is 0 Å². The van der Waals surface area contributed by atoms with Crippen molar-refractivity contribution in [3.8, 4) is 5.88 Å². The number of halogens is 1. The number of rotatable bonds is 6. The summed E-state index contributed by atoms with van der Waals surface area (Å²) in [5, 5.41) is 11.2. The predicted octanol–water partition coefficient (Wildman–Crippen LogP) is 2.12. The lowest BCUT2D eigenvalue weighted by Gasteiger charge is -2.15. The van der Waals surface area contributed by atoms with Crippen molar-refractivity contribution >= 4 is 38.8 Å². The molecule has 4 rings (SSSR count). The summed E-state index contributed by atoms with van der Waals surface area (Å²) in [7, 11) is -0.487. The number of ether oxygens (including phenoxy) is 1. The SMILES string of the molecule is CN(C)S(=O)(=O)c1ccc(Nc2cc(O[C@@H]3CCNC3)nc3c(Cl)cnn23)cc1. The van der Waals surface area contributed by atoms with Crippen LogP contribution in [0.5, 0.6) is 5.88 Å². The largest absolute Gasteiger partial charge is 0.473 e. The first-order chi connectivity index (χ1) is 13.8. The first-order valence-corrected chi connectivity index (χ1v) is 10.9.